The van der Waals surface area contributed by atoms with Gasteiger partial charge in [-0.1, -0.05) is 6.92 Å². The zero-order chi connectivity index (χ0) is 16.7. The van der Waals surface area contributed by atoms with Gasteiger partial charge in [0.25, 0.3) is 0 Å². The third-order valence-electron chi connectivity index (χ3n) is 4.91. The van der Waals surface area contributed by atoms with Gasteiger partial charge in [0.2, 0.25) is 0 Å². The van der Waals surface area contributed by atoms with Crippen LogP contribution in [0, 0.1) is 0 Å². The van der Waals surface area contributed by atoms with E-state index in [1.165, 1.54) is 25.0 Å². The number of halogens is 1. The number of guanidine groups is 1. The average molecular weight is 469 g/mol. The van der Waals surface area contributed by atoms with Crippen LogP contribution in [0.2, 0.25) is 0 Å². The maximum Gasteiger partial charge on any atom is 0.191 e. The van der Waals surface area contributed by atoms with Crippen molar-refractivity contribution in [2.75, 3.05) is 52.6 Å². The van der Waals surface area contributed by atoms with Crippen LogP contribution in [0.5, 0.6) is 0 Å². The van der Waals surface area contributed by atoms with Crippen molar-refractivity contribution in [3.05, 3.63) is 0 Å². The standard InChI is InChI=1S/C17H35N5S.HI/c1-5-18-17(20-14-7-8-16(11-14)23-6-2)19-12-15-13-21(3)9-10-22(15)4;/h14-16H,5-13H2,1-4H3,(H2,18,19,20);1H. The van der Waals surface area contributed by atoms with Gasteiger partial charge in [0.1, 0.15) is 0 Å². The molecule has 2 rings (SSSR count). The molecule has 5 nitrogen and oxygen atoms in total. The normalized spacial score (nSPS) is 29.3. The number of thioether (sulfide) groups is 1. The second-order valence-corrected chi connectivity index (χ2v) is 8.43. The maximum absolute atomic E-state index is 4.88. The fraction of sp³-hybridized carbons (Fsp3) is 0.941. The Bertz CT molecular complexity index is 382. The number of nitrogens with one attached hydrogen (secondary N) is 2. The second-order valence-electron chi connectivity index (χ2n) is 6.85. The summed E-state index contributed by atoms with van der Waals surface area (Å²) in [5.41, 5.74) is 0. The zero-order valence-electron chi connectivity index (χ0n) is 15.8. The number of rotatable bonds is 6. The van der Waals surface area contributed by atoms with Crippen molar-refractivity contribution in [2.24, 2.45) is 4.99 Å². The topological polar surface area (TPSA) is 42.9 Å². The Morgan fingerprint density at radius 3 is 2.71 bits per heavy atom. The van der Waals surface area contributed by atoms with Crippen LogP contribution < -0.4 is 10.6 Å². The summed E-state index contributed by atoms with van der Waals surface area (Å²) in [4.78, 5) is 9.72. The average Bonchev–Trinajstić information content (AvgIpc) is 2.96. The maximum atomic E-state index is 4.88. The van der Waals surface area contributed by atoms with Gasteiger partial charge in [-0.05, 0) is 46.0 Å². The Labute approximate surface area is 169 Å². The predicted molar refractivity (Wildman–Crippen MR) is 118 cm³/mol. The highest BCUT2D eigenvalue weighted by Crippen LogP contribution is 2.29. The van der Waals surface area contributed by atoms with E-state index in [1.807, 2.05) is 0 Å². The van der Waals surface area contributed by atoms with Crippen LogP contribution in [0.15, 0.2) is 4.99 Å². The first-order chi connectivity index (χ1) is 11.1. The van der Waals surface area contributed by atoms with E-state index in [1.54, 1.807) is 0 Å². The van der Waals surface area contributed by atoms with Gasteiger partial charge in [-0.25, -0.2) is 0 Å². The molecule has 0 aromatic heterocycles. The van der Waals surface area contributed by atoms with Crippen LogP contribution in [0.25, 0.3) is 0 Å². The molecule has 3 unspecified atom stereocenters. The molecule has 0 aromatic rings. The first kappa shape index (κ1) is 22.3. The van der Waals surface area contributed by atoms with Crippen molar-refractivity contribution in [1.82, 2.24) is 20.4 Å². The Morgan fingerprint density at radius 1 is 1.21 bits per heavy atom. The summed E-state index contributed by atoms with van der Waals surface area (Å²) in [5.74, 6) is 2.23. The van der Waals surface area contributed by atoms with E-state index in [2.05, 4.69) is 60.1 Å². The lowest BCUT2D eigenvalue weighted by atomic mass is 10.2. The molecule has 0 spiro atoms. The van der Waals surface area contributed by atoms with Crippen LogP contribution in [0.4, 0.5) is 0 Å². The molecule has 24 heavy (non-hydrogen) atoms. The minimum Gasteiger partial charge on any atom is -0.357 e. The minimum absolute atomic E-state index is 0. The van der Waals surface area contributed by atoms with E-state index in [0.717, 1.165) is 43.9 Å². The van der Waals surface area contributed by atoms with Crippen molar-refractivity contribution in [3.8, 4) is 0 Å². The number of piperazine rings is 1. The first-order valence-electron chi connectivity index (χ1n) is 9.17. The highest BCUT2D eigenvalue weighted by Gasteiger charge is 2.26. The fourth-order valence-electron chi connectivity index (χ4n) is 3.47. The molecule has 2 fully saturated rings. The quantitative estimate of drug-likeness (QED) is 0.354. The zero-order valence-corrected chi connectivity index (χ0v) is 18.9. The molecule has 2 aliphatic rings. The minimum atomic E-state index is 0. The van der Waals surface area contributed by atoms with E-state index in [0.29, 0.717) is 12.1 Å². The summed E-state index contributed by atoms with van der Waals surface area (Å²) in [6.07, 6.45) is 3.88. The van der Waals surface area contributed by atoms with Crippen molar-refractivity contribution >= 4 is 41.7 Å². The predicted octanol–water partition coefficient (Wildman–Crippen LogP) is 2.08. The summed E-state index contributed by atoms with van der Waals surface area (Å²) in [5, 5.41) is 7.92. The molecule has 1 saturated carbocycles. The number of hydrogen-bond acceptors (Lipinski definition) is 4. The molecule has 0 aromatic carbocycles. The van der Waals surface area contributed by atoms with E-state index in [9.17, 15) is 0 Å². The number of likely N-dealkylation sites (N-methyl/N-ethyl adjacent to an activating group) is 2. The molecule has 0 radical (unpaired) electrons. The number of nitrogens with zero attached hydrogens (tertiary/aromatic N) is 3. The Hall–Kier alpha value is 0.270. The van der Waals surface area contributed by atoms with Gasteiger partial charge in [-0.2, -0.15) is 11.8 Å². The van der Waals surface area contributed by atoms with Crippen LogP contribution in [-0.2, 0) is 0 Å². The smallest absolute Gasteiger partial charge is 0.191 e. The van der Waals surface area contributed by atoms with Crippen molar-refractivity contribution < 1.29 is 0 Å². The van der Waals surface area contributed by atoms with Crippen LogP contribution in [0.3, 0.4) is 0 Å². The highest BCUT2D eigenvalue weighted by molar-refractivity contribution is 14.0. The van der Waals surface area contributed by atoms with E-state index >= 15 is 0 Å². The summed E-state index contributed by atoms with van der Waals surface area (Å²) in [6, 6.07) is 1.11. The van der Waals surface area contributed by atoms with Gasteiger partial charge < -0.3 is 15.5 Å². The molecule has 0 bridgehead atoms. The Morgan fingerprint density at radius 2 is 2.00 bits per heavy atom. The van der Waals surface area contributed by atoms with Crippen molar-refractivity contribution in [2.45, 2.75) is 50.4 Å². The molecule has 1 aliphatic carbocycles. The Kier molecular flexibility index (Phi) is 11.0. The summed E-state index contributed by atoms with van der Waals surface area (Å²) >= 11 is 2.11. The van der Waals surface area contributed by atoms with E-state index in [4.69, 9.17) is 4.99 Å². The molecular formula is C17H36IN5S. The third-order valence-corrected chi connectivity index (χ3v) is 6.15. The highest BCUT2D eigenvalue weighted by atomic mass is 127. The third kappa shape index (κ3) is 7.25. The van der Waals surface area contributed by atoms with Gasteiger partial charge in [0.05, 0.1) is 6.54 Å². The van der Waals surface area contributed by atoms with Gasteiger partial charge in [0.15, 0.2) is 5.96 Å². The van der Waals surface area contributed by atoms with Crippen LogP contribution >= 0.6 is 35.7 Å². The van der Waals surface area contributed by atoms with E-state index < -0.39 is 0 Å². The van der Waals surface area contributed by atoms with Gasteiger partial charge >= 0.3 is 0 Å². The molecule has 1 saturated heterocycles. The van der Waals surface area contributed by atoms with Gasteiger partial charge in [0, 0.05) is 43.5 Å². The van der Waals surface area contributed by atoms with Crippen molar-refractivity contribution in [3.63, 3.8) is 0 Å². The molecular weight excluding hydrogens is 433 g/mol. The molecule has 1 aliphatic heterocycles. The lowest BCUT2D eigenvalue weighted by Gasteiger charge is -2.37. The second kappa shape index (κ2) is 11.8. The number of hydrogen-bond donors (Lipinski definition) is 2. The lowest BCUT2D eigenvalue weighted by Crippen LogP contribution is -2.52. The summed E-state index contributed by atoms with van der Waals surface area (Å²) in [6.45, 7) is 9.60. The molecule has 2 N–H and O–H groups in total. The summed E-state index contributed by atoms with van der Waals surface area (Å²) < 4.78 is 0. The van der Waals surface area contributed by atoms with Gasteiger partial charge in [-0.3, -0.25) is 9.89 Å². The lowest BCUT2D eigenvalue weighted by molar-refractivity contribution is 0.119. The molecule has 142 valence electrons. The number of aliphatic imine (C=N–C) groups is 1. The molecule has 0 amide bonds. The van der Waals surface area contributed by atoms with Gasteiger partial charge in [-0.15, -0.1) is 24.0 Å². The van der Waals surface area contributed by atoms with Crippen molar-refractivity contribution in [1.29, 1.82) is 0 Å². The summed E-state index contributed by atoms with van der Waals surface area (Å²) in [7, 11) is 4.42. The fourth-order valence-corrected chi connectivity index (χ4v) is 4.61. The SMILES string of the molecule is CCNC(=NCC1CN(C)CCN1C)NC1CCC(SCC)C1.I. The largest absolute Gasteiger partial charge is 0.357 e. The van der Waals surface area contributed by atoms with E-state index in [-0.39, 0.29) is 24.0 Å². The molecule has 3 atom stereocenters. The molecule has 1 heterocycles. The molecule has 7 heteroatoms. The first-order valence-corrected chi connectivity index (χ1v) is 10.2. The Balaban J connectivity index is 0.00000288. The monoisotopic (exact) mass is 469 g/mol. The van der Waals surface area contributed by atoms with Crippen LogP contribution in [-0.4, -0.2) is 85.7 Å². The van der Waals surface area contributed by atoms with Crippen LogP contribution in [0.1, 0.15) is 33.1 Å².